The fourth-order valence-electron chi connectivity index (χ4n) is 1.44. The lowest BCUT2D eigenvalue weighted by Gasteiger charge is -2.30. The van der Waals surface area contributed by atoms with Crippen LogP contribution in [0, 0.1) is 0 Å². The molecule has 1 aromatic rings. The number of benzene rings is 1. The summed E-state index contributed by atoms with van der Waals surface area (Å²) in [7, 11) is 1.21. The lowest BCUT2D eigenvalue weighted by atomic mass is 9.95. The van der Waals surface area contributed by atoms with E-state index in [0.717, 1.165) is 0 Å². The van der Waals surface area contributed by atoms with Gasteiger partial charge in [-0.2, -0.15) is 0 Å². The van der Waals surface area contributed by atoms with E-state index in [2.05, 4.69) is 10.1 Å². The Morgan fingerprint density at radius 2 is 1.89 bits per heavy atom. The lowest BCUT2D eigenvalue weighted by molar-refractivity contribution is -0.151. The third-order valence-electron chi connectivity index (χ3n) is 2.85. The van der Waals surface area contributed by atoms with Gasteiger partial charge in [-0.1, -0.05) is 18.2 Å². The molecular weight excluding hydrogens is 234 g/mol. The Bertz CT molecular complexity index is 430. The van der Waals surface area contributed by atoms with Crippen LogP contribution < -0.4 is 5.32 Å². The molecule has 2 N–H and O–H groups in total. The van der Waals surface area contributed by atoms with E-state index in [0.29, 0.717) is 5.56 Å². The van der Waals surface area contributed by atoms with E-state index < -0.39 is 23.5 Å². The molecule has 0 aliphatic carbocycles. The summed E-state index contributed by atoms with van der Waals surface area (Å²) in [6.07, 6.45) is -1.07. The van der Waals surface area contributed by atoms with Crippen LogP contribution in [-0.2, 0) is 9.53 Å². The van der Waals surface area contributed by atoms with Gasteiger partial charge in [-0.3, -0.25) is 4.79 Å². The fourth-order valence-corrected chi connectivity index (χ4v) is 1.44. The molecule has 0 fully saturated rings. The van der Waals surface area contributed by atoms with Gasteiger partial charge in [0.1, 0.15) is 0 Å². The lowest BCUT2D eigenvalue weighted by Crippen LogP contribution is -2.59. The second-order valence-corrected chi connectivity index (χ2v) is 4.19. The van der Waals surface area contributed by atoms with Gasteiger partial charge < -0.3 is 15.2 Å². The van der Waals surface area contributed by atoms with Crippen LogP contribution in [0.4, 0.5) is 0 Å². The van der Waals surface area contributed by atoms with Crippen molar-refractivity contribution in [2.75, 3.05) is 7.11 Å². The van der Waals surface area contributed by atoms with Gasteiger partial charge >= 0.3 is 5.97 Å². The van der Waals surface area contributed by atoms with Crippen molar-refractivity contribution >= 4 is 11.9 Å². The number of rotatable bonds is 4. The predicted molar refractivity (Wildman–Crippen MR) is 66.0 cm³/mol. The number of amides is 1. The Morgan fingerprint density at radius 1 is 1.33 bits per heavy atom. The van der Waals surface area contributed by atoms with Gasteiger partial charge in [0.2, 0.25) is 0 Å². The highest BCUT2D eigenvalue weighted by Gasteiger charge is 2.41. The van der Waals surface area contributed by atoms with Crippen LogP contribution in [0.25, 0.3) is 0 Å². The quantitative estimate of drug-likeness (QED) is 0.773. The summed E-state index contributed by atoms with van der Waals surface area (Å²) in [6, 6.07) is 8.45. The molecule has 0 aliphatic heterocycles. The molecule has 1 rings (SSSR count). The van der Waals surface area contributed by atoms with E-state index in [-0.39, 0.29) is 0 Å². The number of hydrogen-bond donors (Lipinski definition) is 2. The number of aliphatic hydroxyl groups is 1. The molecule has 0 heterocycles. The molecule has 0 bridgehead atoms. The normalized spacial score (nSPS) is 15.3. The van der Waals surface area contributed by atoms with E-state index >= 15 is 0 Å². The minimum atomic E-state index is -1.47. The van der Waals surface area contributed by atoms with Crippen LogP contribution in [0.2, 0.25) is 0 Å². The highest BCUT2D eigenvalue weighted by atomic mass is 16.5. The summed E-state index contributed by atoms with van der Waals surface area (Å²) in [5.74, 6) is -1.13. The van der Waals surface area contributed by atoms with Gasteiger partial charge in [0.05, 0.1) is 13.2 Å². The van der Waals surface area contributed by atoms with Crippen molar-refractivity contribution in [1.82, 2.24) is 5.32 Å². The van der Waals surface area contributed by atoms with E-state index in [1.807, 2.05) is 0 Å². The maximum Gasteiger partial charge on any atom is 0.334 e. The molecule has 0 spiro atoms. The average molecular weight is 251 g/mol. The summed E-state index contributed by atoms with van der Waals surface area (Å²) in [4.78, 5) is 23.6. The van der Waals surface area contributed by atoms with Gasteiger partial charge in [-0.05, 0) is 26.0 Å². The van der Waals surface area contributed by atoms with Gasteiger partial charge in [-0.25, -0.2) is 4.79 Å². The van der Waals surface area contributed by atoms with Gasteiger partial charge in [0.25, 0.3) is 5.91 Å². The number of methoxy groups -OCH3 is 1. The summed E-state index contributed by atoms with van der Waals surface area (Å²) in [6.45, 7) is 2.84. The number of carbonyl (C=O) groups excluding carboxylic acids is 2. The van der Waals surface area contributed by atoms with Gasteiger partial charge in [0.15, 0.2) is 5.54 Å². The van der Waals surface area contributed by atoms with Crippen molar-refractivity contribution in [2.24, 2.45) is 0 Å². The van der Waals surface area contributed by atoms with Crippen molar-refractivity contribution in [3.8, 4) is 0 Å². The average Bonchev–Trinajstić information content (AvgIpc) is 2.38. The van der Waals surface area contributed by atoms with Crippen LogP contribution in [0.3, 0.4) is 0 Å². The summed E-state index contributed by atoms with van der Waals surface area (Å²) in [5.41, 5.74) is -1.06. The van der Waals surface area contributed by atoms with Crippen LogP contribution in [0.5, 0.6) is 0 Å². The fraction of sp³-hybridized carbons (Fsp3) is 0.385. The number of ether oxygens (including phenoxy) is 1. The smallest absolute Gasteiger partial charge is 0.334 e. The minimum Gasteiger partial charge on any atom is -0.467 e. The van der Waals surface area contributed by atoms with Gasteiger partial charge in [0, 0.05) is 5.56 Å². The molecular formula is C13H17NO4. The van der Waals surface area contributed by atoms with Crippen molar-refractivity contribution in [3.05, 3.63) is 35.9 Å². The number of hydrogen-bond acceptors (Lipinski definition) is 4. The zero-order valence-electron chi connectivity index (χ0n) is 10.6. The standard InChI is InChI=1S/C13H17NO4/c1-9(15)13(2,12(17)18-3)14-11(16)10-7-5-4-6-8-10/h4-9,15H,1-3H3,(H,14,16)/t9-,13-/m0/s1. The molecule has 1 amide bonds. The van der Waals surface area contributed by atoms with Crippen molar-refractivity contribution in [3.63, 3.8) is 0 Å². The zero-order chi connectivity index (χ0) is 13.8. The van der Waals surface area contributed by atoms with Crippen molar-refractivity contribution in [2.45, 2.75) is 25.5 Å². The van der Waals surface area contributed by atoms with E-state index in [9.17, 15) is 14.7 Å². The summed E-state index contributed by atoms with van der Waals surface area (Å²) >= 11 is 0. The number of carbonyl (C=O) groups is 2. The number of nitrogens with one attached hydrogen (secondary N) is 1. The minimum absolute atomic E-state index is 0.410. The van der Waals surface area contributed by atoms with Crippen LogP contribution in [0.15, 0.2) is 30.3 Å². The molecule has 0 aliphatic rings. The maximum atomic E-state index is 12.0. The Hall–Kier alpha value is -1.88. The van der Waals surface area contributed by atoms with Crippen LogP contribution in [0.1, 0.15) is 24.2 Å². The van der Waals surface area contributed by atoms with E-state index in [1.54, 1.807) is 30.3 Å². The maximum absolute atomic E-state index is 12.0. The molecule has 5 nitrogen and oxygen atoms in total. The third kappa shape index (κ3) is 2.87. The second kappa shape index (κ2) is 5.64. The Kier molecular flexibility index (Phi) is 4.44. The number of esters is 1. The molecule has 18 heavy (non-hydrogen) atoms. The second-order valence-electron chi connectivity index (χ2n) is 4.19. The first kappa shape index (κ1) is 14.2. The molecule has 0 radical (unpaired) electrons. The molecule has 0 saturated carbocycles. The Morgan fingerprint density at radius 3 is 2.33 bits per heavy atom. The molecule has 0 saturated heterocycles. The zero-order valence-corrected chi connectivity index (χ0v) is 10.6. The molecule has 5 heteroatoms. The highest BCUT2D eigenvalue weighted by molar-refractivity contribution is 5.98. The van der Waals surface area contributed by atoms with Gasteiger partial charge in [-0.15, -0.1) is 0 Å². The SMILES string of the molecule is COC(=O)[C@@](C)(NC(=O)c1ccccc1)[C@H](C)O. The number of aliphatic hydroxyl groups excluding tert-OH is 1. The largest absolute Gasteiger partial charge is 0.467 e. The Balaban J connectivity index is 2.92. The molecule has 98 valence electrons. The first-order valence-corrected chi connectivity index (χ1v) is 5.56. The topological polar surface area (TPSA) is 75.6 Å². The first-order chi connectivity index (χ1) is 8.41. The predicted octanol–water partition coefficient (Wildman–Crippen LogP) is 0.729. The molecule has 2 atom stereocenters. The summed E-state index contributed by atoms with van der Waals surface area (Å²) in [5, 5.41) is 12.1. The van der Waals surface area contributed by atoms with Crippen LogP contribution in [-0.4, -0.2) is 35.7 Å². The first-order valence-electron chi connectivity index (χ1n) is 5.56. The highest BCUT2D eigenvalue weighted by Crippen LogP contribution is 2.13. The van der Waals surface area contributed by atoms with Crippen molar-refractivity contribution < 1.29 is 19.4 Å². The third-order valence-corrected chi connectivity index (χ3v) is 2.85. The molecule has 0 unspecified atom stereocenters. The summed E-state index contributed by atoms with van der Waals surface area (Å²) < 4.78 is 4.60. The van der Waals surface area contributed by atoms with E-state index in [1.165, 1.54) is 21.0 Å². The van der Waals surface area contributed by atoms with E-state index in [4.69, 9.17) is 0 Å². The van der Waals surface area contributed by atoms with Crippen molar-refractivity contribution in [1.29, 1.82) is 0 Å². The van der Waals surface area contributed by atoms with Crippen LogP contribution >= 0.6 is 0 Å². The Labute approximate surface area is 106 Å². The molecule has 0 aromatic heterocycles. The monoisotopic (exact) mass is 251 g/mol. The molecule has 1 aromatic carbocycles.